The minimum atomic E-state index is 0.0199. The number of piperidine rings is 1. The summed E-state index contributed by atoms with van der Waals surface area (Å²) in [6.07, 6.45) is 4.99. The van der Waals surface area contributed by atoms with Gasteiger partial charge in [0.15, 0.2) is 0 Å². The zero-order valence-corrected chi connectivity index (χ0v) is 17.7. The van der Waals surface area contributed by atoms with Crippen molar-refractivity contribution in [1.82, 2.24) is 10.2 Å². The lowest BCUT2D eigenvalue weighted by atomic mass is 9.74. The van der Waals surface area contributed by atoms with E-state index in [9.17, 15) is 4.79 Å². The van der Waals surface area contributed by atoms with Crippen LogP contribution in [-0.4, -0.2) is 36.5 Å². The van der Waals surface area contributed by atoms with Gasteiger partial charge in [0, 0.05) is 18.2 Å². The molecule has 30 heavy (non-hydrogen) atoms. The van der Waals surface area contributed by atoms with Crippen LogP contribution in [0.3, 0.4) is 0 Å². The first kappa shape index (κ1) is 19.3. The Bertz CT molecular complexity index is 1070. The molecular weight excluding hydrogens is 368 g/mol. The molecule has 1 aliphatic heterocycles. The molecule has 1 spiro atoms. The molecule has 3 aromatic rings. The van der Waals surface area contributed by atoms with E-state index in [-0.39, 0.29) is 11.9 Å². The third-order valence-electron chi connectivity index (χ3n) is 7.20. The fraction of sp³-hybridized carbons (Fsp3) is 0.370. The summed E-state index contributed by atoms with van der Waals surface area (Å²) < 4.78 is 0. The van der Waals surface area contributed by atoms with Crippen molar-refractivity contribution >= 4 is 16.7 Å². The molecule has 1 saturated heterocycles. The van der Waals surface area contributed by atoms with Crippen molar-refractivity contribution in [2.75, 3.05) is 19.6 Å². The van der Waals surface area contributed by atoms with Crippen molar-refractivity contribution in [3.8, 4) is 0 Å². The van der Waals surface area contributed by atoms with Crippen LogP contribution in [0.4, 0.5) is 0 Å². The molecule has 0 aromatic heterocycles. The number of benzene rings is 3. The Morgan fingerprint density at radius 2 is 1.70 bits per heavy atom. The van der Waals surface area contributed by atoms with E-state index in [0.717, 1.165) is 36.0 Å². The van der Waals surface area contributed by atoms with E-state index in [4.69, 9.17) is 0 Å². The molecule has 3 nitrogen and oxygen atoms in total. The molecular formula is C27H30N2O. The minimum absolute atomic E-state index is 0.0199. The number of hydrogen-bond donors (Lipinski definition) is 1. The summed E-state index contributed by atoms with van der Waals surface area (Å²) in [7, 11) is 0. The number of aryl methyl sites for hydroxylation is 1. The highest BCUT2D eigenvalue weighted by molar-refractivity contribution is 5.98. The highest BCUT2D eigenvalue weighted by Crippen LogP contribution is 2.46. The van der Waals surface area contributed by atoms with Gasteiger partial charge in [-0.05, 0) is 85.1 Å². The largest absolute Gasteiger partial charge is 0.348 e. The molecule has 1 fully saturated rings. The summed E-state index contributed by atoms with van der Waals surface area (Å²) in [6.45, 7) is 5.26. The normalized spacial score (nSPS) is 19.0. The standard InChI is InChI=1S/C27H30N2O/c1-20(28-26(30)24-11-10-21-6-2-3-8-23(21)18-24)19-29-16-14-27(15-17-29)13-12-22-7-4-5-9-25(22)27/h2-11,18,20H,12-17,19H2,1H3,(H,28,30)/t20-/m0/s1. The summed E-state index contributed by atoms with van der Waals surface area (Å²) >= 11 is 0. The maximum atomic E-state index is 12.8. The van der Waals surface area contributed by atoms with E-state index in [2.05, 4.69) is 53.5 Å². The highest BCUT2D eigenvalue weighted by Gasteiger charge is 2.40. The lowest BCUT2D eigenvalue weighted by Gasteiger charge is -2.41. The topological polar surface area (TPSA) is 32.3 Å². The minimum Gasteiger partial charge on any atom is -0.348 e. The average Bonchev–Trinajstić information content (AvgIpc) is 3.13. The molecule has 1 aliphatic carbocycles. The molecule has 1 atom stereocenters. The van der Waals surface area contributed by atoms with E-state index >= 15 is 0 Å². The number of nitrogens with zero attached hydrogens (tertiary/aromatic N) is 1. The van der Waals surface area contributed by atoms with E-state index in [1.807, 2.05) is 30.3 Å². The van der Waals surface area contributed by atoms with Crippen molar-refractivity contribution in [3.63, 3.8) is 0 Å². The Morgan fingerprint density at radius 1 is 0.967 bits per heavy atom. The molecule has 0 radical (unpaired) electrons. The first-order valence-corrected chi connectivity index (χ1v) is 11.2. The fourth-order valence-electron chi connectivity index (χ4n) is 5.52. The van der Waals surface area contributed by atoms with Gasteiger partial charge in [-0.25, -0.2) is 0 Å². The number of fused-ring (bicyclic) bond motifs is 3. The number of amides is 1. The molecule has 0 saturated carbocycles. The molecule has 1 heterocycles. The van der Waals surface area contributed by atoms with Crippen LogP contribution in [0.2, 0.25) is 0 Å². The van der Waals surface area contributed by atoms with Gasteiger partial charge in [0.2, 0.25) is 0 Å². The Labute approximate surface area is 179 Å². The van der Waals surface area contributed by atoms with Crippen molar-refractivity contribution in [1.29, 1.82) is 0 Å². The van der Waals surface area contributed by atoms with Gasteiger partial charge in [0.1, 0.15) is 0 Å². The maximum absolute atomic E-state index is 12.8. The fourth-order valence-corrected chi connectivity index (χ4v) is 5.52. The number of carbonyl (C=O) groups is 1. The van der Waals surface area contributed by atoms with Gasteiger partial charge in [-0.15, -0.1) is 0 Å². The molecule has 2 aliphatic rings. The second kappa shape index (κ2) is 7.88. The Balaban J connectivity index is 1.17. The van der Waals surface area contributed by atoms with Crippen LogP contribution in [0.15, 0.2) is 66.7 Å². The first-order chi connectivity index (χ1) is 14.6. The van der Waals surface area contributed by atoms with Crippen LogP contribution in [0.5, 0.6) is 0 Å². The van der Waals surface area contributed by atoms with E-state index in [1.165, 1.54) is 25.7 Å². The summed E-state index contributed by atoms with van der Waals surface area (Å²) in [6, 6.07) is 23.3. The van der Waals surface area contributed by atoms with Gasteiger partial charge in [0.25, 0.3) is 5.91 Å². The highest BCUT2D eigenvalue weighted by atomic mass is 16.1. The third-order valence-corrected chi connectivity index (χ3v) is 7.20. The first-order valence-electron chi connectivity index (χ1n) is 11.2. The Morgan fingerprint density at radius 3 is 2.53 bits per heavy atom. The molecule has 3 aromatic carbocycles. The number of likely N-dealkylation sites (tertiary alicyclic amines) is 1. The van der Waals surface area contributed by atoms with Gasteiger partial charge in [-0.3, -0.25) is 4.79 Å². The average molecular weight is 399 g/mol. The predicted octanol–water partition coefficient (Wildman–Crippen LogP) is 4.94. The summed E-state index contributed by atoms with van der Waals surface area (Å²) in [5, 5.41) is 5.48. The van der Waals surface area contributed by atoms with Crippen LogP contribution in [0.25, 0.3) is 10.8 Å². The quantitative estimate of drug-likeness (QED) is 0.675. The van der Waals surface area contributed by atoms with Crippen LogP contribution in [0, 0.1) is 0 Å². The zero-order valence-electron chi connectivity index (χ0n) is 17.7. The van der Waals surface area contributed by atoms with Crippen molar-refractivity contribution < 1.29 is 4.79 Å². The number of carbonyl (C=O) groups excluding carboxylic acids is 1. The number of nitrogens with one attached hydrogen (secondary N) is 1. The van der Waals surface area contributed by atoms with Crippen LogP contribution >= 0.6 is 0 Å². The molecule has 1 amide bonds. The maximum Gasteiger partial charge on any atom is 0.251 e. The predicted molar refractivity (Wildman–Crippen MR) is 123 cm³/mol. The van der Waals surface area contributed by atoms with Gasteiger partial charge in [0.05, 0.1) is 0 Å². The van der Waals surface area contributed by atoms with Crippen LogP contribution in [0.1, 0.15) is 47.7 Å². The van der Waals surface area contributed by atoms with Gasteiger partial charge < -0.3 is 10.2 Å². The molecule has 0 unspecified atom stereocenters. The van der Waals surface area contributed by atoms with Crippen LogP contribution < -0.4 is 5.32 Å². The van der Waals surface area contributed by atoms with Crippen molar-refractivity contribution in [2.24, 2.45) is 0 Å². The van der Waals surface area contributed by atoms with E-state index in [1.54, 1.807) is 11.1 Å². The van der Waals surface area contributed by atoms with Gasteiger partial charge in [-0.2, -0.15) is 0 Å². The SMILES string of the molecule is C[C@@H](CN1CCC2(CCc3ccccc32)CC1)NC(=O)c1ccc2ccccc2c1. The summed E-state index contributed by atoms with van der Waals surface area (Å²) in [5.41, 5.74) is 4.29. The monoisotopic (exact) mass is 398 g/mol. The summed E-state index contributed by atoms with van der Waals surface area (Å²) in [4.78, 5) is 15.3. The smallest absolute Gasteiger partial charge is 0.251 e. The van der Waals surface area contributed by atoms with Crippen molar-refractivity contribution in [2.45, 2.75) is 44.1 Å². The lowest BCUT2D eigenvalue weighted by Crippen LogP contribution is -2.47. The molecule has 0 bridgehead atoms. The van der Waals surface area contributed by atoms with Crippen molar-refractivity contribution in [3.05, 3.63) is 83.4 Å². The van der Waals surface area contributed by atoms with Gasteiger partial charge >= 0.3 is 0 Å². The molecule has 3 heteroatoms. The Hall–Kier alpha value is -2.65. The summed E-state index contributed by atoms with van der Waals surface area (Å²) in [5.74, 6) is 0.0199. The lowest BCUT2D eigenvalue weighted by molar-refractivity contribution is 0.0915. The second-order valence-corrected chi connectivity index (χ2v) is 9.17. The third kappa shape index (κ3) is 3.63. The van der Waals surface area contributed by atoms with E-state index < -0.39 is 0 Å². The molecule has 5 rings (SSSR count). The van der Waals surface area contributed by atoms with Gasteiger partial charge in [-0.1, -0.05) is 54.6 Å². The zero-order chi connectivity index (χ0) is 20.6. The number of rotatable bonds is 4. The van der Waals surface area contributed by atoms with E-state index in [0.29, 0.717) is 5.41 Å². The molecule has 1 N–H and O–H groups in total. The second-order valence-electron chi connectivity index (χ2n) is 9.17. The number of hydrogen-bond acceptors (Lipinski definition) is 2. The molecule has 154 valence electrons. The Kier molecular flexibility index (Phi) is 5.08. The van der Waals surface area contributed by atoms with Crippen LogP contribution in [-0.2, 0) is 11.8 Å².